The highest BCUT2D eigenvalue weighted by molar-refractivity contribution is 5.82. The van der Waals surface area contributed by atoms with Gasteiger partial charge in [0.15, 0.2) is 11.5 Å². The Labute approximate surface area is 171 Å². The number of H-pyrrole nitrogens is 1. The fourth-order valence-electron chi connectivity index (χ4n) is 3.91. The third-order valence-corrected chi connectivity index (χ3v) is 5.64. The van der Waals surface area contributed by atoms with Gasteiger partial charge in [-0.05, 0) is 36.8 Å². The number of hydrogen-bond acceptors (Lipinski definition) is 5. The molecule has 29 heavy (non-hydrogen) atoms. The molecule has 1 saturated heterocycles. The molecule has 0 saturated carbocycles. The number of amides is 1. The molecule has 152 valence electrons. The van der Waals surface area contributed by atoms with E-state index in [1.54, 1.807) is 12.7 Å². The molecule has 1 aliphatic rings. The molecule has 0 aliphatic carbocycles. The standard InChI is InChI=1S/C22H28N6O/c1-2-17-7-9-18(10-8-17)5-3-6-19(29)27-11-4-12-28(14-13-27)22-20-21(24-15-23-20)25-16-26-22/h7-10,15-16H,2-6,11-14H2,1H3,(H,23,24,25,26). The number of carbonyl (C=O) groups is 1. The van der Waals surface area contributed by atoms with Gasteiger partial charge in [-0.15, -0.1) is 0 Å². The summed E-state index contributed by atoms with van der Waals surface area (Å²) in [7, 11) is 0. The summed E-state index contributed by atoms with van der Waals surface area (Å²) in [6.07, 6.45) is 7.65. The molecule has 3 heterocycles. The average molecular weight is 393 g/mol. The summed E-state index contributed by atoms with van der Waals surface area (Å²) in [6.45, 7) is 5.34. The average Bonchev–Trinajstić information content (AvgIpc) is 3.11. The lowest BCUT2D eigenvalue weighted by Gasteiger charge is -2.23. The van der Waals surface area contributed by atoms with Crippen molar-refractivity contribution in [3.05, 3.63) is 48.0 Å². The van der Waals surface area contributed by atoms with Crippen LogP contribution in [0.25, 0.3) is 11.2 Å². The van der Waals surface area contributed by atoms with E-state index in [-0.39, 0.29) is 5.91 Å². The Kier molecular flexibility index (Phi) is 6.03. The molecule has 0 unspecified atom stereocenters. The largest absolute Gasteiger partial charge is 0.353 e. The van der Waals surface area contributed by atoms with Crippen molar-refractivity contribution in [1.29, 1.82) is 0 Å². The molecule has 1 aromatic carbocycles. The first-order valence-corrected chi connectivity index (χ1v) is 10.5. The van der Waals surface area contributed by atoms with Gasteiger partial charge in [-0.3, -0.25) is 4.79 Å². The number of rotatable bonds is 6. The van der Waals surface area contributed by atoms with Crippen LogP contribution in [0, 0.1) is 0 Å². The lowest BCUT2D eigenvalue weighted by molar-refractivity contribution is -0.131. The summed E-state index contributed by atoms with van der Waals surface area (Å²) >= 11 is 0. The van der Waals surface area contributed by atoms with Gasteiger partial charge in [0.05, 0.1) is 6.33 Å². The summed E-state index contributed by atoms with van der Waals surface area (Å²) in [4.78, 5) is 32.9. The second-order valence-electron chi connectivity index (χ2n) is 7.54. The lowest BCUT2D eigenvalue weighted by Crippen LogP contribution is -2.35. The Balaban J connectivity index is 1.29. The Bertz CT molecular complexity index is 951. The van der Waals surface area contributed by atoms with Crippen molar-refractivity contribution in [2.45, 2.75) is 39.0 Å². The number of nitrogens with one attached hydrogen (secondary N) is 1. The number of aromatic amines is 1. The summed E-state index contributed by atoms with van der Waals surface area (Å²) in [5, 5.41) is 0. The van der Waals surface area contributed by atoms with Crippen molar-refractivity contribution < 1.29 is 4.79 Å². The van der Waals surface area contributed by atoms with Crippen LogP contribution in [-0.2, 0) is 17.6 Å². The Morgan fingerprint density at radius 3 is 2.69 bits per heavy atom. The van der Waals surface area contributed by atoms with Crippen LogP contribution < -0.4 is 4.90 Å². The molecule has 0 radical (unpaired) electrons. The highest BCUT2D eigenvalue weighted by Crippen LogP contribution is 2.21. The van der Waals surface area contributed by atoms with Crippen molar-refractivity contribution in [2.75, 3.05) is 31.1 Å². The number of aryl methyl sites for hydroxylation is 2. The van der Waals surface area contributed by atoms with E-state index >= 15 is 0 Å². The Morgan fingerprint density at radius 2 is 1.86 bits per heavy atom. The fourth-order valence-corrected chi connectivity index (χ4v) is 3.91. The molecule has 1 N–H and O–H groups in total. The van der Waals surface area contributed by atoms with Crippen molar-refractivity contribution in [3.63, 3.8) is 0 Å². The minimum Gasteiger partial charge on any atom is -0.353 e. The summed E-state index contributed by atoms with van der Waals surface area (Å²) < 4.78 is 0. The zero-order chi connectivity index (χ0) is 20.1. The quantitative estimate of drug-likeness (QED) is 0.698. The molecule has 2 aromatic heterocycles. The van der Waals surface area contributed by atoms with E-state index in [2.05, 4.69) is 56.0 Å². The molecule has 4 rings (SSSR count). The minimum atomic E-state index is 0.256. The van der Waals surface area contributed by atoms with Gasteiger partial charge in [0.1, 0.15) is 11.8 Å². The molecule has 0 bridgehead atoms. The molecule has 3 aromatic rings. The van der Waals surface area contributed by atoms with Gasteiger partial charge in [-0.1, -0.05) is 31.2 Å². The maximum Gasteiger partial charge on any atom is 0.222 e. The highest BCUT2D eigenvalue weighted by Gasteiger charge is 2.21. The van der Waals surface area contributed by atoms with Gasteiger partial charge in [0.25, 0.3) is 0 Å². The third-order valence-electron chi connectivity index (χ3n) is 5.64. The van der Waals surface area contributed by atoms with Gasteiger partial charge in [0.2, 0.25) is 5.91 Å². The molecule has 7 heteroatoms. The number of benzene rings is 1. The SMILES string of the molecule is CCc1ccc(CCCC(=O)N2CCCN(c3ncnc4nc[nH]c34)CC2)cc1. The zero-order valence-electron chi connectivity index (χ0n) is 17.0. The number of hydrogen-bond donors (Lipinski definition) is 1. The number of nitrogens with zero attached hydrogens (tertiary/aromatic N) is 5. The zero-order valence-corrected chi connectivity index (χ0v) is 17.0. The Morgan fingerprint density at radius 1 is 1.03 bits per heavy atom. The number of anilines is 1. The van der Waals surface area contributed by atoms with Crippen molar-refractivity contribution in [3.8, 4) is 0 Å². The summed E-state index contributed by atoms with van der Waals surface area (Å²) in [5.41, 5.74) is 4.21. The van der Waals surface area contributed by atoms with Crippen LogP contribution in [0.3, 0.4) is 0 Å². The maximum absolute atomic E-state index is 12.7. The van der Waals surface area contributed by atoms with Gasteiger partial charge in [-0.2, -0.15) is 0 Å². The van der Waals surface area contributed by atoms with E-state index < -0.39 is 0 Å². The first-order chi connectivity index (χ1) is 14.2. The molecule has 0 spiro atoms. The molecule has 1 amide bonds. The molecule has 1 aliphatic heterocycles. The second kappa shape index (κ2) is 9.03. The predicted molar refractivity (Wildman–Crippen MR) is 114 cm³/mol. The van der Waals surface area contributed by atoms with Crippen LogP contribution in [0.5, 0.6) is 0 Å². The molecular weight excluding hydrogens is 364 g/mol. The van der Waals surface area contributed by atoms with E-state index in [1.165, 1.54) is 11.1 Å². The molecule has 1 fully saturated rings. The van der Waals surface area contributed by atoms with Crippen molar-refractivity contribution in [1.82, 2.24) is 24.8 Å². The van der Waals surface area contributed by atoms with E-state index in [4.69, 9.17) is 0 Å². The summed E-state index contributed by atoms with van der Waals surface area (Å²) in [6, 6.07) is 8.74. The van der Waals surface area contributed by atoms with Gasteiger partial charge >= 0.3 is 0 Å². The number of fused-ring (bicyclic) bond motifs is 1. The van der Waals surface area contributed by atoms with Gasteiger partial charge in [0, 0.05) is 32.6 Å². The predicted octanol–water partition coefficient (Wildman–Crippen LogP) is 2.98. The van der Waals surface area contributed by atoms with Crippen LogP contribution in [-0.4, -0.2) is 56.9 Å². The fraction of sp³-hybridized carbons (Fsp3) is 0.455. The lowest BCUT2D eigenvalue weighted by atomic mass is 10.0. The topological polar surface area (TPSA) is 78.0 Å². The molecule has 0 atom stereocenters. The van der Waals surface area contributed by atoms with E-state index in [0.717, 1.165) is 63.2 Å². The maximum atomic E-state index is 12.7. The Hall–Kier alpha value is -2.96. The van der Waals surface area contributed by atoms with Crippen LogP contribution in [0.1, 0.15) is 37.3 Å². The normalized spacial score (nSPS) is 14.9. The van der Waals surface area contributed by atoms with E-state index in [1.807, 2.05) is 4.90 Å². The van der Waals surface area contributed by atoms with Crippen LogP contribution >= 0.6 is 0 Å². The van der Waals surface area contributed by atoms with Gasteiger partial charge in [-0.25, -0.2) is 15.0 Å². The van der Waals surface area contributed by atoms with Crippen molar-refractivity contribution >= 4 is 22.9 Å². The third kappa shape index (κ3) is 4.55. The first-order valence-electron chi connectivity index (χ1n) is 10.5. The van der Waals surface area contributed by atoms with Crippen molar-refractivity contribution in [2.24, 2.45) is 0 Å². The first kappa shape index (κ1) is 19.4. The van der Waals surface area contributed by atoms with Crippen LogP contribution in [0.4, 0.5) is 5.82 Å². The smallest absolute Gasteiger partial charge is 0.222 e. The van der Waals surface area contributed by atoms with E-state index in [9.17, 15) is 4.79 Å². The molecular formula is C22H28N6O. The number of carbonyl (C=O) groups excluding carboxylic acids is 1. The van der Waals surface area contributed by atoms with Crippen LogP contribution in [0.2, 0.25) is 0 Å². The summed E-state index contributed by atoms with van der Waals surface area (Å²) in [5.74, 6) is 1.13. The highest BCUT2D eigenvalue weighted by atomic mass is 16.2. The number of imidazole rings is 1. The second-order valence-corrected chi connectivity index (χ2v) is 7.54. The van der Waals surface area contributed by atoms with E-state index in [0.29, 0.717) is 12.1 Å². The molecule has 7 nitrogen and oxygen atoms in total. The van der Waals surface area contributed by atoms with Crippen LogP contribution in [0.15, 0.2) is 36.9 Å². The minimum absolute atomic E-state index is 0.256. The van der Waals surface area contributed by atoms with Gasteiger partial charge < -0.3 is 14.8 Å². The monoisotopic (exact) mass is 392 g/mol. The number of aromatic nitrogens is 4.